The Bertz CT molecular complexity index is 1290. The summed E-state index contributed by atoms with van der Waals surface area (Å²) in [5.74, 6) is 0.223. The Balaban J connectivity index is 1.79. The van der Waals surface area contributed by atoms with Crippen LogP contribution in [0.5, 0.6) is 5.75 Å². The molecule has 0 spiro atoms. The molecule has 0 aliphatic carbocycles. The molecule has 1 unspecified atom stereocenters. The summed E-state index contributed by atoms with van der Waals surface area (Å²) in [7, 11) is -3.20. The fraction of sp³-hybridized carbons (Fsp3) is 0.516. The first-order valence-electron chi connectivity index (χ1n) is 13.6. The summed E-state index contributed by atoms with van der Waals surface area (Å²) in [6.45, 7) is 13.2. The zero-order chi connectivity index (χ0) is 30.7. The SMILES string of the molecule is CC1=NC(/C=C/c2ccc(OCCCc3ccc(Br)cc3)c(C(F)(F)F)c2)(COP(=O)(C(C)(C)C)C(C)(C)C)CO1. The van der Waals surface area contributed by atoms with E-state index in [1.807, 2.05) is 65.8 Å². The van der Waals surface area contributed by atoms with E-state index < -0.39 is 35.0 Å². The average molecular weight is 659 g/mol. The molecule has 0 radical (unpaired) electrons. The second kappa shape index (κ2) is 12.6. The Morgan fingerprint density at radius 3 is 2.22 bits per heavy atom. The van der Waals surface area contributed by atoms with Crippen LogP contribution in [0.2, 0.25) is 0 Å². The minimum Gasteiger partial charge on any atom is -0.493 e. The number of hydrogen-bond acceptors (Lipinski definition) is 5. The van der Waals surface area contributed by atoms with Crippen LogP contribution in [0.15, 0.2) is 58.0 Å². The maximum atomic E-state index is 14.0. The summed E-state index contributed by atoms with van der Waals surface area (Å²) in [4.78, 5) is 4.58. The summed E-state index contributed by atoms with van der Waals surface area (Å²) in [5, 5.41) is -1.24. The smallest absolute Gasteiger partial charge is 0.419 e. The lowest BCUT2D eigenvalue weighted by atomic mass is 10.0. The minimum absolute atomic E-state index is 0.0294. The van der Waals surface area contributed by atoms with Gasteiger partial charge >= 0.3 is 6.18 Å². The van der Waals surface area contributed by atoms with Crippen molar-refractivity contribution in [2.45, 2.75) is 83.3 Å². The molecule has 1 aliphatic heterocycles. The minimum atomic E-state index is -4.59. The van der Waals surface area contributed by atoms with Crippen molar-refractivity contribution in [3.63, 3.8) is 0 Å². The highest BCUT2D eigenvalue weighted by molar-refractivity contribution is 9.10. The molecule has 0 N–H and O–H groups in total. The Labute approximate surface area is 250 Å². The van der Waals surface area contributed by atoms with Crippen molar-refractivity contribution in [2.24, 2.45) is 4.99 Å². The predicted molar refractivity (Wildman–Crippen MR) is 163 cm³/mol. The average Bonchev–Trinajstić information content (AvgIpc) is 3.24. The van der Waals surface area contributed by atoms with E-state index in [0.29, 0.717) is 24.3 Å². The van der Waals surface area contributed by atoms with Crippen molar-refractivity contribution >= 4 is 35.3 Å². The number of rotatable bonds is 10. The van der Waals surface area contributed by atoms with E-state index in [0.717, 1.165) is 16.1 Å². The molecule has 0 bridgehead atoms. The largest absolute Gasteiger partial charge is 0.493 e. The lowest BCUT2D eigenvalue weighted by molar-refractivity contribution is -0.139. The van der Waals surface area contributed by atoms with E-state index in [1.165, 1.54) is 6.07 Å². The number of hydrogen-bond donors (Lipinski definition) is 0. The highest BCUT2D eigenvalue weighted by Crippen LogP contribution is 2.67. The first-order valence-corrected chi connectivity index (χ1v) is 16.0. The van der Waals surface area contributed by atoms with E-state index in [9.17, 15) is 17.7 Å². The fourth-order valence-corrected chi connectivity index (χ4v) is 8.23. The number of nitrogens with zero attached hydrogens (tertiary/aromatic N) is 1. The van der Waals surface area contributed by atoms with Crippen LogP contribution in [0.3, 0.4) is 0 Å². The van der Waals surface area contributed by atoms with E-state index in [-0.39, 0.29) is 25.6 Å². The predicted octanol–water partition coefficient (Wildman–Crippen LogP) is 9.57. The van der Waals surface area contributed by atoms with Gasteiger partial charge in [0.05, 0.1) is 18.8 Å². The first kappa shape index (κ1) is 33.4. The molecule has 10 heteroatoms. The summed E-state index contributed by atoms with van der Waals surface area (Å²) < 4.78 is 74.3. The number of benzene rings is 2. The van der Waals surface area contributed by atoms with Gasteiger partial charge in [-0.3, -0.25) is 4.57 Å². The normalized spacial score (nSPS) is 18.5. The van der Waals surface area contributed by atoms with Crippen LogP contribution in [-0.4, -0.2) is 41.6 Å². The van der Waals surface area contributed by atoms with Crippen molar-refractivity contribution in [3.05, 3.63) is 69.7 Å². The van der Waals surface area contributed by atoms with Crippen LogP contribution in [-0.2, 0) is 26.4 Å². The summed E-state index contributed by atoms with van der Waals surface area (Å²) >= 11 is 3.39. The van der Waals surface area contributed by atoms with Crippen LogP contribution >= 0.6 is 23.3 Å². The highest BCUT2D eigenvalue weighted by Gasteiger charge is 2.49. The van der Waals surface area contributed by atoms with Gasteiger partial charge in [0, 0.05) is 21.7 Å². The van der Waals surface area contributed by atoms with E-state index in [4.69, 9.17) is 14.0 Å². The second-order valence-corrected chi connectivity index (χ2v) is 17.3. The van der Waals surface area contributed by atoms with Gasteiger partial charge < -0.3 is 14.0 Å². The molecule has 3 rings (SSSR count). The fourth-order valence-electron chi connectivity index (χ4n) is 4.77. The number of alkyl halides is 3. The Hall–Kier alpha value is -2.09. The van der Waals surface area contributed by atoms with E-state index in [2.05, 4.69) is 20.9 Å². The van der Waals surface area contributed by atoms with E-state index >= 15 is 0 Å². The number of aryl methyl sites for hydroxylation is 1. The Morgan fingerprint density at radius 2 is 1.68 bits per heavy atom. The second-order valence-electron chi connectivity index (χ2n) is 12.4. The van der Waals surface area contributed by atoms with Crippen LogP contribution in [0.4, 0.5) is 13.2 Å². The van der Waals surface area contributed by atoms with Gasteiger partial charge in [0.2, 0.25) is 7.37 Å². The lowest BCUT2D eigenvalue weighted by Crippen LogP contribution is -2.36. The maximum absolute atomic E-state index is 14.0. The molecule has 41 heavy (non-hydrogen) atoms. The molecule has 2 aromatic rings. The molecule has 0 amide bonds. The molecule has 5 nitrogen and oxygen atoms in total. The lowest BCUT2D eigenvalue weighted by Gasteiger charge is -2.41. The van der Waals surface area contributed by atoms with Crippen LogP contribution in [0.1, 0.15) is 71.6 Å². The number of halogens is 4. The summed E-state index contributed by atoms with van der Waals surface area (Å²) in [6, 6.07) is 11.8. The molecule has 0 saturated carbocycles. The van der Waals surface area contributed by atoms with Crippen molar-refractivity contribution in [1.82, 2.24) is 0 Å². The van der Waals surface area contributed by atoms with Crippen LogP contribution in [0, 0.1) is 0 Å². The molecule has 2 aromatic carbocycles. The van der Waals surface area contributed by atoms with Crippen LogP contribution < -0.4 is 4.74 Å². The first-order chi connectivity index (χ1) is 18.9. The molecule has 1 heterocycles. The molecule has 0 saturated heterocycles. The third kappa shape index (κ3) is 8.48. The Kier molecular flexibility index (Phi) is 10.3. The molecule has 226 valence electrons. The molecule has 1 atom stereocenters. The maximum Gasteiger partial charge on any atom is 0.419 e. The van der Waals surface area contributed by atoms with Gasteiger partial charge in [-0.15, -0.1) is 0 Å². The molecule has 0 fully saturated rings. The van der Waals surface area contributed by atoms with Crippen molar-refractivity contribution in [1.29, 1.82) is 0 Å². The summed E-state index contributed by atoms with van der Waals surface area (Å²) in [5.41, 5.74) is -0.451. The van der Waals surface area contributed by atoms with Gasteiger partial charge in [-0.1, -0.05) is 87.8 Å². The van der Waals surface area contributed by atoms with Crippen molar-refractivity contribution < 1.29 is 31.7 Å². The van der Waals surface area contributed by atoms with Gasteiger partial charge in [0.15, 0.2) is 5.90 Å². The standard InChI is InChI=1S/C31H40BrF3NO4P/c1-22-36-30(20-39-22,21-40-41(37,28(2,3)4)29(5,6)7)17-16-24-12-15-27(26(19-24)31(33,34)35)38-18-8-9-23-10-13-25(32)14-11-23/h10-17,19H,8-9,18,20-21H2,1-7H3/b17-16+. The van der Waals surface area contributed by atoms with Gasteiger partial charge in [-0.2, -0.15) is 13.2 Å². The molecular formula is C31H40BrF3NO4P. The van der Waals surface area contributed by atoms with Gasteiger partial charge in [-0.25, -0.2) is 4.99 Å². The zero-order valence-electron chi connectivity index (χ0n) is 24.8. The quantitative estimate of drug-likeness (QED) is 0.189. The Morgan fingerprint density at radius 1 is 1.05 bits per heavy atom. The molecular weight excluding hydrogens is 618 g/mol. The number of aliphatic imine (C=N–C) groups is 1. The van der Waals surface area contributed by atoms with Crippen molar-refractivity contribution in [3.8, 4) is 5.75 Å². The molecule has 0 aromatic heterocycles. The third-order valence-electron chi connectivity index (χ3n) is 6.85. The topological polar surface area (TPSA) is 57.1 Å². The van der Waals surface area contributed by atoms with E-state index in [1.54, 1.807) is 25.1 Å². The number of ether oxygens (including phenoxy) is 2. The van der Waals surface area contributed by atoms with Gasteiger partial charge in [0.1, 0.15) is 17.9 Å². The highest BCUT2D eigenvalue weighted by atomic mass is 79.9. The van der Waals surface area contributed by atoms with Gasteiger partial charge in [-0.05, 0) is 48.2 Å². The summed E-state index contributed by atoms with van der Waals surface area (Å²) in [6.07, 6.45) is -0.0801. The third-order valence-corrected chi connectivity index (χ3v) is 11.4. The monoisotopic (exact) mass is 657 g/mol. The van der Waals surface area contributed by atoms with Crippen LogP contribution in [0.25, 0.3) is 6.08 Å². The van der Waals surface area contributed by atoms with Crippen molar-refractivity contribution in [2.75, 3.05) is 19.8 Å². The van der Waals surface area contributed by atoms with Gasteiger partial charge in [0.25, 0.3) is 0 Å². The molecule has 1 aliphatic rings. The zero-order valence-corrected chi connectivity index (χ0v) is 27.3.